The summed E-state index contributed by atoms with van der Waals surface area (Å²) < 4.78 is 10.5. The Bertz CT molecular complexity index is 317. The molecule has 1 unspecified atom stereocenters. The van der Waals surface area contributed by atoms with Crippen molar-refractivity contribution in [1.82, 2.24) is 4.90 Å². The third-order valence-electron chi connectivity index (χ3n) is 3.28. The normalized spacial score (nSPS) is 29.2. The van der Waals surface area contributed by atoms with E-state index in [1.54, 1.807) is 4.90 Å². The second kappa shape index (κ2) is 4.17. The first kappa shape index (κ1) is 12.7. The molecule has 2 heterocycles. The van der Waals surface area contributed by atoms with Crippen LogP contribution in [0, 0.1) is 5.41 Å². The van der Waals surface area contributed by atoms with Gasteiger partial charge in [0.1, 0.15) is 5.60 Å². The summed E-state index contributed by atoms with van der Waals surface area (Å²) >= 11 is 0. The second-order valence-electron chi connectivity index (χ2n) is 6.12. The Balaban J connectivity index is 1.92. The second-order valence-corrected chi connectivity index (χ2v) is 6.12. The van der Waals surface area contributed by atoms with Crippen molar-refractivity contribution < 1.29 is 19.2 Å². The summed E-state index contributed by atoms with van der Waals surface area (Å²) in [4.78, 5) is 13.6. The van der Waals surface area contributed by atoms with E-state index in [-0.39, 0.29) is 11.5 Å². The first-order valence-corrected chi connectivity index (χ1v) is 6.07. The van der Waals surface area contributed by atoms with Crippen LogP contribution in [-0.4, -0.2) is 48.4 Å². The minimum absolute atomic E-state index is 0.0592. The van der Waals surface area contributed by atoms with Crippen LogP contribution in [0.1, 0.15) is 27.2 Å². The van der Waals surface area contributed by atoms with Crippen molar-refractivity contribution in [2.45, 2.75) is 39.1 Å². The zero-order valence-electron chi connectivity index (χ0n) is 10.7. The highest BCUT2D eigenvalue weighted by Gasteiger charge is 2.48. The van der Waals surface area contributed by atoms with Crippen LogP contribution in [0.2, 0.25) is 6.32 Å². The molecule has 0 aromatic heterocycles. The maximum Gasteiger partial charge on any atom is 0.454 e. The highest BCUT2D eigenvalue weighted by Crippen LogP contribution is 2.40. The molecule has 6 heteroatoms. The van der Waals surface area contributed by atoms with E-state index in [4.69, 9.17) is 9.39 Å². The van der Waals surface area contributed by atoms with Gasteiger partial charge in [-0.05, 0) is 33.5 Å². The Morgan fingerprint density at radius 1 is 1.53 bits per heavy atom. The molecule has 1 N–H and O–H groups in total. The number of carbonyl (C=O) groups excluding carboxylic acids is 1. The van der Waals surface area contributed by atoms with E-state index in [2.05, 4.69) is 0 Å². The van der Waals surface area contributed by atoms with Crippen LogP contribution in [0.5, 0.6) is 0 Å². The topological polar surface area (TPSA) is 59.0 Å². The zero-order valence-corrected chi connectivity index (χ0v) is 10.7. The van der Waals surface area contributed by atoms with Crippen molar-refractivity contribution >= 4 is 13.2 Å². The summed E-state index contributed by atoms with van der Waals surface area (Å²) in [5.41, 5.74) is -0.519. The van der Waals surface area contributed by atoms with Crippen LogP contribution in [0.25, 0.3) is 0 Å². The van der Waals surface area contributed by atoms with Crippen LogP contribution in [0.3, 0.4) is 0 Å². The van der Waals surface area contributed by atoms with Gasteiger partial charge in [0.2, 0.25) is 0 Å². The predicted molar refractivity (Wildman–Crippen MR) is 63.6 cm³/mol. The third kappa shape index (κ3) is 2.93. The maximum atomic E-state index is 11.9. The molecule has 0 saturated carbocycles. The summed E-state index contributed by atoms with van der Waals surface area (Å²) in [7, 11) is -0.673. The molecule has 0 bridgehead atoms. The molecule has 0 aromatic carbocycles. The smallest absolute Gasteiger partial charge is 0.444 e. The molecule has 2 aliphatic rings. The quantitative estimate of drug-likeness (QED) is 0.645. The number of carbonyl (C=O) groups is 1. The van der Waals surface area contributed by atoms with Crippen LogP contribution in [0.4, 0.5) is 4.79 Å². The monoisotopic (exact) mass is 241 g/mol. The van der Waals surface area contributed by atoms with Gasteiger partial charge in [0, 0.05) is 25.1 Å². The number of rotatable bonds is 0. The van der Waals surface area contributed by atoms with Crippen molar-refractivity contribution in [2.75, 3.05) is 19.7 Å². The first-order chi connectivity index (χ1) is 7.80. The number of nitrogens with zero attached hydrogens (tertiary/aromatic N) is 1. The number of hydrogen-bond acceptors (Lipinski definition) is 4. The molecule has 96 valence electrons. The lowest BCUT2D eigenvalue weighted by Gasteiger charge is -2.26. The van der Waals surface area contributed by atoms with Crippen LogP contribution >= 0.6 is 0 Å². The van der Waals surface area contributed by atoms with Crippen molar-refractivity contribution in [3.05, 3.63) is 0 Å². The highest BCUT2D eigenvalue weighted by atomic mass is 16.6. The van der Waals surface area contributed by atoms with Crippen molar-refractivity contribution in [2.24, 2.45) is 5.41 Å². The molecule has 1 amide bonds. The van der Waals surface area contributed by atoms with E-state index in [0.717, 1.165) is 6.42 Å². The Morgan fingerprint density at radius 3 is 2.76 bits per heavy atom. The summed E-state index contributed by atoms with van der Waals surface area (Å²) in [5, 5.41) is 9.41. The number of amides is 1. The van der Waals surface area contributed by atoms with E-state index in [0.29, 0.717) is 26.0 Å². The Morgan fingerprint density at radius 2 is 2.24 bits per heavy atom. The molecule has 2 aliphatic heterocycles. The van der Waals surface area contributed by atoms with Crippen LogP contribution in [0.15, 0.2) is 0 Å². The predicted octanol–water partition coefficient (Wildman–Crippen LogP) is 1.12. The Kier molecular flexibility index (Phi) is 3.12. The molecule has 0 radical (unpaired) electrons. The average molecular weight is 241 g/mol. The van der Waals surface area contributed by atoms with Crippen LogP contribution in [-0.2, 0) is 9.39 Å². The fourth-order valence-electron chi connectivity index (χ4n) is 2.46. The molecule has 0 aromatic rings. The SMILES string of the molecule is CC(C)(C)OC(=O)N1CCC2(COB(O)C2)C1. The van der Waals surface area contributed by atoms with Crippen LogP contribution < -0.4 is 0 Å². The molecule has 1 atom stereocenters. The summed E-state index contributed by atoms with van der Waals surface area (Å²) in [5.74, 6) is 0. The van der Waals surface area contributed by atoms with Gasteiger partial charge in [-0.3, -0.25) is 0 Å². The molecular weight excluding hydrogens is 221 g/mol. The lowest BCUT2D eigenvalue weighted by atomic mass is 9.72. The molecule has 2 saturated heterocycles. The number of ether oxygens (including phenoxy) is 1. The average Bonchev–Trinajstić information content (AvgIpc) is 2.72. The molecule has 1 spiro atoms. The Hall–Kier alpha value is -0.745. The van der Waals surface area contributed by atoms with Gasteiger partial charge < -0.3 is 19.3 Å². The Labute approximate surface area is 102 Å². The summed E-state index contributed by atoms with van der Waals surface area (Å²) in [6.45, 7) is 7.43. The van der Waals surface area contributed by atoms with Crippen molar-refractivity contribution in [1.29, 1.82) is 0 Å². The van der Waals surface area contributed by atoms with Crippen molar-refractivity contribution in [3.8, 4) is 0 Å². The van der Waals surface area contributed by atoms with E-state index in [9.17, 15) is 9.82 Å². The van der Waals surface area contributed by atoms with Gasteiger partial charge in [-0.25, -0.2) is 4.79 Å². The van der Waals surface area contributed by atoms with Gasteiger partial charge in [-0.2, -0.15) is 0 Å². The van der Waals surface area contributed by atoms with Gasteiger partial charge in [0.05, 0.1) is 0 Å². The van der Waals surface area contributed by atoms with Gasteiger partial charge in [0.15, 0.2) is 0 Å². The summed E-state index contributed by atoms with van der Waals surface area (Å²) in [6, 6.07) is 0. The van der Waals surface area contributed by atoms with E-state index >= 15 is 0 Å². The van der Waals surface area contributed by atoms with E-state index in [1.807, 2.05) is 20.8 Å². The summed E-state index contributed by atoms with van der Waals surface area (Å²) in [6.07, 6.45) is 1.23. The maximum absolute atomic E-state index is 11.9. The largest absolute Gasteiger partial charge is 0.454 e. The molecule has 17 heavy (non-hydrogen) atoms. The lowest BCUT2D eigenvalue weighted by Crippen LogP contribution is -2.37. The van der Waals surface area contributed by atoms with Gasteiger partial charge in [-0.15, -0.1) is 0 Å². The van der Waals surface area contributed by atoms with Gasteiger partial charge >= 0.3 is 13.2 Å². The fraction of sp³-hybridized carbons (Fsp3) is 0.909. The number of hydrogen-bond donors (Lipinski definition) is 1. The highest BCUT2D eigenvalue weighted by molar-refractivity contribution is 6.43. The van der Waals surface area contributed by atoms with E-state index in [1.165, 1.54) is 0 Å². The molecule has 0 aliphatic carbocycles. The molecule has 2 fully saturated rings. The van der Waals surface area contributed by atoms with E-state index < -0.39 is 12.7 Å². The third-order valence-corrected chi connectivity index (χ3v) is 3.28. The lowest BCUT2D eigenvalue weighted by molar-refractivity contribution is 0.0272. The fourth-order valence-corrected chi connectivity index (χ4v) is 2.46. The minimum atomic E-state index is -0.673. The van der Waals surface area contributed by atoms with Crippen molar-refractivity contribution in [3.63, 3.8) is 0 Å². The van der Waals surface area contributed by atoms with Gasteiger partial charge in [0.25, 0.3) is 0 Å². The first-order valence-electron chi connectivity index (χ1n) is 6.07. The molecule has 5 nitrogen and oxygen atoms in total. The standard InChI is InChI=1S/C11H20BNO4/c1-10(2,3)17-9(14)13-5-4-11(7-13)6-12(15)16-8-11/h15H,4-8H2,1-3H3. The van der Waals surface area contributed by atoms with Gasteiger partial charge in [-0.1, -0.05) is 0 Å². The zero-order chi connectivity index (χ0) is 12.7. The minimum Gasteiger partial charge on any atom is -0.444 e. The molecular formula is C11H20BNO4. The molecule has 2 rings (SSSR count). The number of likely N-dealkylation sites (tertiary alicyclic amines) is 1.